The highest BCUT2D eigenvalue weighted by Gasteiger charge is 2.37. The Morgan fingerprint density at radius 1 is 1.05 bits per heavy atom. The second-order valence-corrected chi connectivity index (χ2v) is 18.6. The average Bonchev–Trinajstić information content (AvgIpc) is 3.51. The van der Waals surface area contributed by atoms with Gasteiger partial charge in [0.1, 0.15) is 6.73 Å². The highest BCUT2D eigenvalue weighted by atomic mass is 28.3. The van der Waals surface area contributed by atoms with E-state index in [0.717, 1.165) is 34.8 Å². The number of nitrogens with zero attached hydrogens (tertiary/aromatic N) is 6. The summed E-state index contributed by atoms with van der Waals surface area (Å²) < 4.78 is 48.0. The molecular weight excluding hydrogens is 571 g/mol. The first-order valence-corrected chi connectivity index (χ1v) is 18.6. The van der Waals surface area contributed by atoms with Crippen LogP contribution in [0.15, 0.2) is 36.7 Å². The van der Waals surface area contributed by atoms with E-state index in [4.69, 9.17) is 14.7 Å². The molecule has 5 rings (SSSR count). The number of alkyl halides is 3. The van der Waals surface area contributed by atoms with Gasteiger partial charge in [-0.25, -0.2) is 15.0 Å². The molecule has 0 atom stereocenters. The van der Waals surface area contributed by atoms with E-state index in [1.54, 1.807) is 0 Å². The fraction of sp³-hybridized carbons (Fsp3) is 0.516. The second-order valence-electron chi connectivity index (χ2n) is 12.9. The van der Waals surface area contributed by atoms with E-state index in [9.17, 15) is 13.2 Å². The minimum absolute atomic E-state index is 0.0410. The number of aromatic amines is 1. The van der Waals surface area contributed by atoms with Crippen LogP contribution in [0.1, 0.15) is 42.3 Å². The normalized spacial score (nSPS) is 15.3. The Morgan fingerprint density at radius 3 is 2.42 bits per heavy atom. The van der Waals surface area contributed by atoms with E-state index in [0.29, 0.717) is 51.2 Å². The molecule has 1 fully saturated rings. The van der Waals surface area contributed by atoms with Crippen LogP contribution >= 0.6 is 0 Å². The number of imidazole rings is 1. The van der Waals surface area contributed by atoms with Crippen molar-refractivity contribution in [1.29, 1.82) is 0 Å². The maximum atomic E-state index is 13.3. The Kier molecular flexibility index (Phi) is 9.01. The van der Waals surface area contributed by atoms with Crippen molar-refractivity contribution in [1.82, 2.24) is 29.4 Å². The lowest BCUT2D eigenvalue weighted by molar-refractivity contribution is -0.141. The van der Waals surface area contributed by atoms with Crippen LogP contribution in [0, 0.1) is 6.92 Å². The zero-order valence-corrected chi connectivity index (χ0v) is 26.9. The lowest BCUT2D eigenvalue weighted by Crippen LogP contribution is -2.46. The van der Waals surface area contributed by atoms with Crippen LogP contribution in [0.25, 0.3) is 22.4 Å². The standard InChI is InChI=1S/C31H42F3N7OSi/c1-21(2)24-9-7-8-10-25(24)29-35-17-26-27(37-29)23(19-41(26)20-42-15-16-43(4,5)6)18-39-11-13-40(14-12-39)30-36-22(3)28(38-30)31(32,33)34/h7-10,17,19,21H,11-16,18,20H2,1-6H3,(H,36,38). The second kappa shape index (κ2) is 12.4. The third-order valence-corrected chi connectivity index (χ3v) is 9.66. The minimum Gasteiger partial charge on any atom is -0.361 e. The maximum Gasteiger partial charge on any atom is 0.435 e. The number of halogens is 3. The van der Waals surface area contributed by atoms with Crippen molar-refractivity contribution in [2.24, 2.45) is 0 Å². The van der Waals surface area contributed by atoms with E-state index < -0.39 is 19.9 Å². The number of anilines is 1. The van der Waals surface area contributed by atoms with Crippen LogP contribution in [-0.4, -0.2) is 70.3 Å². The summed E-state index contributed by atoms with van der Waals surface area (Å²) in [6, 6.07) is 9.36. The summed E-state index contributed by atoms with van der Waals surface area (Å²) in [5.41, 5.74) is 4.34. The number of benzene rings is 1. The van der Waals surface area contributed by atoms with Crippen molar-refractivity contribution < 1.29 is 17.9 Å². The van der Waals surface area contributed by atoms with Gasteiger partial charge < -0.3 is 19.2 Å². The van der Waals surface area contributed by atoms with Gasteiger partial charge in [0.15, 0.2) is 11.5 Å². The summed E-state index contributed by atoms with van der Waals surface area (Å²) in [5.74, 6) is 1.31. The van der Waals surface area contributed by atoms with Gasteiger partial charge in [-0.1, -0.05) is 57.8 Å². The lowest BCUT2D eigenvalue weighted by atomic mass is 9.97. The summed E-state index contributed by atoms with van der Waals surface area (Å²) in [4.78, 5) is 20.8. The number of hydrogen-bond acceptors (Lipinski definition) is 6. The quantitative estimate of drug-likeness (QED) is 0.155. The number of piperazine rings is 1. The Hall–Kier alpha value is -3.22. The van der Waals surface area contributed by atoms with E-state index in [1.165, 1.54) is 12.5 Å². The maximum absolute atomic E-state index is 13.3. The molecule has 0 radical (unpaired) electrons. The summed E-state index contributed by atoms with van der Waals surface area (Å²) in [5, 5.41) is 0. The first-order valence-electron chi connectivity index (χ1n) is 14.9. The van der Waals surface area contributed by atoms with Gasteiger partial charge >= 0.3 is 6.18 Å². The van der Waals surface area contributed by atoms with Crippen molar-refractivity contribution in [3.05, 3.63) is 59.2 Å². The molecule has 1 N–H and O–H groups in total. The van der Waals surface area contributed by atoms with Crippen molar-refractivity contribution in [3.63, 3.8) is 0 Å². The van der Waals surface area contributed by atoms with Gasteiger partial charge in [-0.3, -0.25) is 4.90 Å². The smallest absolute Gasteiger partial charge is 0.361 e. The van der Waals surface area contributed by atoms with Gasteiger partial charge in [-0.15, -0.1) is 0 Å². The molecule has 1 aromatic carbocycles. The van der Waals surface area contributed by atoms with Crippen LogP contribution in [0.5, 0.6) is 0 Å². The molecule has 1 aliphatic heterocycles. The zero-order chi connectivity index (χ0) is 30.9. The Balaban J connectivity index is 1.37. The van der Waals surface area contributed by atoms with Crippen LogP contribution in [0.4, 0.5) is 19.1 Å². The molecule has 1 aliphatic rings. The van der Waals surface area contributed by atoms with Crippen LogP contribution in [0.3, 0.4) is 0 Å². The van der Waals surface area contributed by atoms with Crippen molar-refractivity contribution in [3.8, 4) is 11.4 Å². The third kappa shape index (κ3) is 7.30. The van der Waals surface area contributed by atoms with Crippen molar-refractivity contribution in [2.45, 2.75) is 71.8 Å². The monoisotopic (exact) mass is 613 g/mol. The molecular formula is C31H42F3N7OSi. The number of aromatic nitrogens is 5. The first-order chi connectivity index (χ1) is 20.3. The molecule has 4 aromatic rings. The molecule has 3 aromatic heterocycles. The molecule has 0 unspecified atom stereocenters. The molecule has 0 bridgehead atoms. The third-order valence-electron chi connectivity index (χ3n) is 7.95. The molecule has 0 spiro atoms. The zero-order valence-electron chi connectivity index (χ0n) is 25.9. The van der Waals surface area contributed by atoms with Gasteiger partial charge in [0.25, 0.3) is 0 Å². The number of rotatable bonds is 10. The van der Waals surface area contributed by atoms with Gasteiger partial charge in [0.2, 0.25) is 5.95 Å². The van der Waals surface area contributed by atoms with Crippen LogP contribution < -0.4 is 4.90 Å². The summed E-state index contributed by atoms with van der Waals surface area (Å²) in [7, 11) is -1.21. The molecule has 43 heavy (non-hydrogen) atoms. The topological polar surface area (TPSA) is 75.1 Å². The van der Waals surface area contributed by atoms with E-state index in [-0.39, 0.29) is 11.6 Å². The highest BCUT2D eigenvalue weighted by molar-refractivity contribution is 6.76. The molecule has 8 nitrogen and oxygen atoms in total. The van der Waals surface area contributed by atoms with Gasteiger partial charge in [0, 0.05) is 70.4 Å². The number of H-pyrrole nitrogens is 1. The molecule has 1 saturated heterocycles. The average molecular weight is 614 g/mol. The van der Waals surface area contributed by atoms with E-state index >= 15 is 0 Å². The number of hydrogen-bond donors (Lipinski definition) is 1. The first kappa shape index (κ1) is 31.2. The number of aryl methyl sites for hydroxylation is 1. The fourth-order valence-electron chi connectivity index (χ4n) is 5.47. The van der Waals surface area contributed by atoms with Crippen molar-refractivity contribution in [2.75, 3.05) is 37.7 Å². The molecule has 0 aliphatic carbocycles. The highest BCUT2D eigenvalue weighted by Crippen LogP contribution is 2.32. The fourth-order valence-corrected chi connectivity index (χ4v) is 6.22. The van der Waals surface area contributed by atoms with E-state index in [2.05, 4.69) is 71.3 Å². The largest absolute Gasteiger partial charge is 0.435 e. The lowest BCUT2D eigenvalue weighted by Gasteiger charge is -2.34. The number of nitrogens with one attached hydrogen (secondary N) is 1. The van der Waals surface area contributed by atoms with Crippen LogP contribution in [0.2, 0.25) is 25.7 Å². The minimum atomic E-state index is -4.47. The molecule has 0 amide bonds. The Labute approximate surface area is 252 Å². The van der Waals surface area contributed by atoms with Gasteiger partial charge in [0.05, 0.1) is 17.2 Å². The Morgan fingerprint density at radius 2 is 1.77 bits per heavy atom. The van der Waals surface area contributed by atoms with Gasteiger partial charge in [-0.05, 0) is 24.4 Å². The summed E-state index contributed by atoms with van der Waals surface area (Å²) in [6.07, 6.45) is -0.455. The number of ether oxygens (including phenoxy) is 1. The Bertz CT molecular complexity index is 1550. The van der Waals surface area contributed by atoms with Gasteiger partial charge in [-0.2, -0.15) is 13.2 Å². The molecule has 4 heterocycles. The predicted molar refractivity (Wildman–Crippen MR) is 167 cm³/mol. The van der Waals surface area contributed by atoms with Crippen molar-refractivity contribution >= 4 is 25.1 Å². The van der Waals surface area contributed by atoms with Crippen LogP contribution in [-0.2, 0) is 24.2 Å². The molecule has 0 saturated carbocycles. The number of fused-ring (bicyclic) bond motifs is 1. The molecule has 232 valence electrons. The predicted octanol–water partition coefficient (Wildman–Crippen LogP) is 6.91. The summed E-state index contributed by atoms with van der Waals surface area (Å²) in [6.45, 7) is 17.1. The SMILES string of the molecule is Cc1[nH]c(N2CCN(Cc3cn(COCC[Si](C)(C)C)c4cnc(-c5ccccc5C(C)C)nc34)CC2)nc1C(F)(F)F. The van der Waals surface area contributed by atoms with E-state index in [1.807, 2.05) is 23.2 Å². The molecule has 12 heteroatoms. The summed E-state index contributed by atoms with van der Waals surface area (Å²) >= 11 is 0.